The molecule has 0 spiro atoms. The first-order chi connectivity index (χ1) is 13.4. The number of nitriles is 1. The summed E-state index contributed by atoms with van der Waals surface area (Å²) in [6, 6.07) is 12.7. The number of piperidine rings is 1. The van der Waals surface area contributed by atoms with Gasteiger partial charge in [0.2, 0.25) is 10.0 Å². The molecule has 0 radical (unpaired) electrons. The van der Waals surface area contributed by atoms with E-state index in [4.69, 9.17) is 5.26 Å². The summed E-state index contributed by atoms with van der Waals surface area (Å²) >= 11 is 0. The van der Waals surface area contributed by atoms with E-state index in [1.54, 1.807) is 6.07 Å². The summed E-state index contributed by atoms with van der Waals surface area (Å²) in [6.07, 6.45) is 2.42. The Bertz CT molecular complexity index is 977. The highest BCUT2D eigenvalue weighted by atomic mass is 32.2. The topological polar surface area (TPSA) is 73.2 Å². The van der Waals surface area contributed by atoms with Gasteiger partial charge in [-0.15, -0.1) is 0 Å². The molecule has 1 aliphatic heterocycles. The number of hydrogen-bond donors (Lipinski definition) is 1. The number of hydrogen-bond acceptors (Lipinski definition) is 4. The minimum atomic E-state index is -3.83. The van der Waals surface area contributed by atoms with E-state index in [0.717, 1.165) is 54.9 Å². The Morgan fingerprint density at radius 1 is 1.18 bits per heavy atom. The predicted molar refractivity (Wildman–Crippen MR) is 105 cm³/mol. The second-order valence-corrected chi connectivity index (χ2v) is 9.12. The average molecular weight is 402 g/mol. The zero-order chi connectivity index (χ0) is 20.1. The van der Waals surface area contributed by atoms with Crippen molar-refractivity contribution in [2.75, 3.05) is 13.1 Å². The van der Waals surface area contributed by atoms with Gasteiger partial charge in [-0.3, -0.25) is 4.90 Å². The molecular weight excluding hydrogens is 377 g/mol. The van der Waals surface area contributed by atoms with E-state index in [2.05, 4.69) is 22.6 Å². The number of benzene rings is 2. The molecule has 0 amide bonds. The van der Waals surface area contributed by atoms with Crippen LogP contribution in [0.4, 0.5) is 4.39 Å². The third kappa shape index (κ3) is 5.16. The third-order valence-electron chi connectivity index (χ3n) is 5.11. The fraction of sp³-hybridized carbons (Fsp3) is 0.381. The molecule has 28 heavy (non-hydrogen) atoms. The zero-order valence-corrected chi connectivity index (χ0v) is 16.7. The lowest BCUT2D eigenvalue weighted by atomic mass is 9.98. The second-order valence-electron chi connectivity index (χ2n) is 7.36. The van der Waals surface area contributed by atoms with Crippen LogP contribution in [0.25, 0.3) is 0 Å². The van der Waals surface area contributed by atoms with Gasteiger partial charge in [-0.1, -0.05) is 31.2 Å². The fourth-order valence-corrected chi connectivity index (χ4v) is 4.38. The van der Waals surface area contributed by atoms with Crippen LogP contribution in [-0.4, -0.2) is 26.4 Å². The number of rotatable bonds is 6. The molecule has 0 aliphatic carbocycles. The molecule has 0 aromatic heterocycles. The van der Waals surface area contributed by atoms with Gasteiger partial charge in [0.25, 0.3) is 0 Å². The highest BCUT2D eigenvalue weighted by Gasteiger charge is 2.17. The molecule has 0 unspecified atom stereocenters. The highest BCUT2D eigenvalue weighted by molar-refractivity contribution is 7.89. The van der Waals surface area contributed by atoms with Gasteiger partial charge < -0.3 is 0 Å². The summed E-state index contributed by atoms with van der Waals surface area (Å²) < 4.78 is 40.9. The van der Waals surface area contributed by atoms with E-state index < -0.39 is 15.8 Å². The fourth-order valence-electron chi connectivity index (χ4n) is 3.34. The Morgan fingerprint density at radius 3 is 2.61 bits per heavy atom. The maximum absolute atomic E-state index is 13.4. The van der Waals surface area contributed by atoms with Gasteiger partial charge in [-0.05, 0) is 61.2 Å². The normalized spacial score (nSPS) is 16.0. The first-order valence-electron chi connectivity index (χ1n) is 9.37. The third-order valence-corrected chi connectivity index (χ3v) is 6.51. The summed E-state index contributed by atoms with van der Waals surface area (Å²) in [5.41, 5.74) is 1.72. The quantitative estimate of drug-likeness (QED) is 0.805. The predicted octanol–water partition coefficient (Wildman–Crippen LogP) is 3.41. The van der Waals surface area contributed by atoms with Crippen LogP contribution in [0.15, 0.2) is 47.4 Å². The van der Waals surface area contributed by atoms with Crippen molar-refractivity contribution in [3.05, 3.63) is 65.0 Å². The molecule has 2 aromatic carbocycles. The molecule has 0 atom stereocenters. The molecule has 2 aromatic rings. The summed E-state index contributed by atoms with van der Waals surface area (Å²) in [4.78, 5) is 2.30. The van der Waals surface area contributed by atoms with E-state index in [0.29, 0.717) is 0 Å². The molecule has 1 aliphatic rings. The number of nitrogens with one attached hydrogen (secondary N) is 1. The van der Waals surface area contributed by atoms with E-state index in [9.17, 15) is 12.8 Å². The van der Waals surface area contributed by atoms with Gasteiger partial charge in [-0.25, -0.2) is 17.5 Å². The summed E-state index contributed by atoms with van der Waals surface area (Å²) in [5, 5.41) is 8.89. The Balaban J connectivity index is 1.65. The molecule has 1 saturated heterocycles. The summed E-state index contributed by atoms with van der Waals surface area (Å²) in [5.74, 6) is 0.0475. The van der Waals surface area contributed by atoms with Crippen LogP contribution in [0.3, 0.4) is 0 Å². The van der Waals surface area contributed by atoms with Crippen molar-refractivity contribution in [2.45, 2.75) is 37.8 Å². The van der Waals surface area contributed by atoms with Gasteiger partial charge in [0.15, 0.2) is 0 Å². The highest BCUT2D eigenvalue weighted by Crippen LogP contribution is 2.19. The number of nitrogens with zero attached hydrogens (tertiary/aromatic N) is 2. The smallest absolute Gasteiger partial charge is 0.240 e. The lowest BCUT2D eigenvalue weighted by Crippen LogP contribution is -2.32. The molecule has 148 valence electrons. The van der Waals surface area contributed by atoms with Gasteiger partial charge in [0.05, 0.1) is 10.5 Å². The zero-order valence-electron chi connectivity index (χ0n) is 15.9. The Morgan fingerprint density at radius 2 is 1.89 bits per heavy atom. The maximum atomic E-state index is 13.4. The standard InChI is InChI=1S/C21H24FN3O2S/c1-16-7-9-25(10-8-16)15-18-4-2-3-17(11-18)14-24-28(26,27)20-5-6-21(22)19(12-20)13-23/h2-6,11-12,16,24H,7-10,14-15H2,1H3. The Labute approximate surface area is 165 Å². The number of sulfonamides is 1. The van der Waals surface area contributed by atoms with E-state index in [1.165, 1.54) is 12.8 Å². The Kier molecular flexibility index (Phi) is 6.45. The lowest BCUT2D eigenvalue weighted by molar-refractivity contribution is 0.185. The van der Waals surface area contributed by atoms with E-state index in [1.807, 2.05) is 18.2 Å². The monoisotopic (exact) mass is 401 g/mol. The van der Waals surface area contributed by atoms with Crippen molar-refractivity contribution in [1.29, 1.82) is 5.26 Å². The molecular formula is C21H24FN3O2S. The largest absolute Gasteiger partial charge is 0.299 e. The molecule has 5 nitrogen and oxygen atoms in total. The van der Waals surface area contributed by atoms with Crippen LogP contribution in [-0.2, 0) is 23.1 Å². The number of likely N-dealkylation sites (tertiary alicyclic amines) is 1. The maximum Gasteiger partial charge on any atom is 0.240 e. The van der Waals surface area contributed by atoms with Crippen LogP contribution < -0.4 is 4.72 Å². The van der Waals surface area contributed by atoms with Gasteiger partial charge in [-0.2, -0.15) is 5.26 Å². The van der Waals surface area contributed by atoms with Crippen molar-refractivity contribution in [1.82, 2.24) is 9.62 Å². The van der Waals surface area contributed by atoms with Crippen LogP contribution in [0.2, 0.25) is 0 Å². The van der Waals surface area contributed by atoms with Crippen molar-refractivity contribution in [2.24, 2.45) is 5.92 Å². The molecule has 1 heterocycles. The minimum absolute atomic E-state index is 0.121. The van der Waals surface area contributed by atoms with Crippen molar-refractivity contribution < 1.29 is 12.8 Å². The minimum Gasteiger partial charge on any atom is -0.299 e. The molecule has 3 rings (SSSR count). The first-order valence-corrected chi connectivity index (χ1v) is 10.8. The summed E-state index contributed by atoms with van der Waals surface area (Å²) in [7, 11) is -3.83. The lowest BCUT2D eigenvalue weighted by Gasteiger charge is -2.30. The molecule has 7 heteroatoms. The number of halogens is 1. The SMILES string of the molecule is CC1CCN(Cc2cccc(CNS(=O)(=O)c3ccc(F)c(C#N)c3)c2)CC1. The van der Waals surface area contributed by atoms with Crippen LogP contribution >= 0.6 is 0 Å². The first kappa shape index (κ1) is 20.5. The van der Waals surface area contributed by atoms with E-state index in [-0.39, 0.29) is 17.0 Å². The molecule has 0 bridgehead atoms. The van der Waals surface area contributed by atoms with Gasteiger partial charge in [0, 0.05) is 13.1 Å². The van der Waals surface area contributed by atoms with Crippen LogP contribution in [0.5, 0.6) is 0 Å². The molecule has 1 fully saturated rings. The average Bonchev–Trinajstić information content (AvgIpc) is 2.69. The van der Waals surface area contributed by atoms with Crippen LogP contribution in [0.1, 0.15) is 36.5 Å². The molecule has 1 N–H and O–H groups in total. The summed E-state index contributed by atoms with van der Waals surface area (Å²) in [6.45, 7) is 5.45. The molecule has 0 saturated carbocycles. The van der Waals surface area contributed by atoms with E-state index >= 15 is 0 Å². The van der Waals surface area contributed by atoms with Crippen molar-refractivity contribution >= 4 is 10.0 Å². The van der Waals surface area contributed by atoms with Crippen LogP contribution in [0, 0.1) is 23.1 Å². The Hall–Kier alpha value is -2.27. The second kappa shape index (κ2) is 8.82. The van der Waals surface area contributed by atoms with Gasteiger partial charge >= 0.3 is 0 Å². The van der Waals surface area contributed by atoms with Crippen molar-refractivity contribution in [3.63, 3.8) is 0 Å². The van der Waals surface area contributed by atoms with Gasteiger partial charge in [0.1, 0.15) is 11.9 Å². The van der Waals surface area contributed by atoms with Crippen molar-refractivity contribution in [3.8, 4) is 6.07 Å².